The fourth-order valence-electron chi connectivity index (χ4n) is 2.29. The Bertz CT molecular complexity index is 822. The molecule has 1 atom stereocenters. The summed E-state index contributed by atoms with van der Waals surface area (Å²) in [4.78, 5) is 10.2. The predicted molar refractivity (Wildman–Crippen MR) is 79.9 cm³/mol. The third-order valence-corrected chi connectivity index (χ3v) is 3.44. The van der Waals surface area contributed by atoms with Gasteiger partial charge in [-0.15, -0.1) is 0 Å². The fourth-order valence-corrected chi connectivity index (χ4v) is 2.29. The summed E-state index contributed by atoms with van der Waals surface area (Å²) < 4.78 is 10.9. The highest BCUT2D eigenvalue weighted by Crippen LogP contribution is 2.33. The van der Waals surface area contributed by atoms with Crippen LogP contribution in [0.5, 0.6) is 5.75 Å². The molecule has 0 aliphatic carbocycles. The van der Waals surface area contributed by atoms with E-state index in [0.29, 0.717) is 22.7 Å². The SMILES string of the molecule is COc1cccc2cc(C(O)c3ccc([N+](=O)[O-])cc3)oc12. The average Bonchev–Trinajstić information content (AvgIpc) is 2.98. The third kappa shape index (κ3) is 2.40. The summed E-state index contributed by atoms with van der Waals surface area (Å²) in [5.74, 6) is 0.938. The van der Waals surface area contributed by atoms with Crippen LogP contribution in [0.2, 0.25) is 0 Å². The van der Waals surface area contributed by atoms with Crippen LogP contribution in [0.3, 0.4) is 0 Å². The molecule has 0 fully saturated rings. The van der Waals surface area contributed by atoms with Gasteiger partial charge in [0.15, 0.2) is 11.3 Å². The molecule has 3 rings (SSSR count). The first-order valence-corrected chi connectivity index (χ1v) is 6.59. The molecule has 6 nitrogen and oxygen atoms in total. The number of hydrogen-bond acceptors (Lipinski definition) is 5. The Morgan fingerprint density at radius 2 is 1.95 bits per heavy atom. The van der Waals surface area contributed by atoms with Crippen LogP contribution in [0.15, 0.2) is 52.9 Å². The van der Waals surface area contributed by atoms with Crippen LogP contribution in [0.25, 0.3) is 11.0 Å². The number of nitrogens with zero attached hydrogens (tertiary/aromatic N) is 1. The molecule has 1 aromatic heterocycles. The van der Waals surface area contributed by atoms with Gasteiger partial charge >= 0.3 is 0 Å². The van der Waals surface area contributed by atoms with Crippen LogP contribution in [0.4, 0.5) is 5.69 Å². The first-order chi connectivity index (χ1) is 10.6. The zero-order valence-corrected chi connectivity index (χ0v) is 11.7. The number of hydrogen-bond donors (Lipinski definition) is 1. The molecule has 3 aromatic rings. The summed E-state index contributed by atoms with van der Waals surface area (Å²) >= 11 is 0. The van der Waals surface area contributed by atoms with Gasteiger partial charge in [-0.3, -0.25) is 10.1 Å². The number of ether oxygens (including phenoxy) is 1. The van der Waals surface area contributed by atoms with Gasteiger partial charge in [0.25, 0.3) is 5.69 Å². The lowest BCUT2D eigenvalue weighted by Crippen LogP contribution is -1.98. The lowest BCUT2D eigenvalue weighted by atomic mass is 10.1. The summed E-state index contributed by atoms with van der Waals surface area (Å²) in [7, 11) is 1.55. The number of nitro groups is 1. The number of para-hydroxylation sites is 1. The van der Waals surface area contributed by atoms with Crippen LogP contribution in [0.1, 0.15) is 17.4 Å². The third-order valence-electron chi connectivity index (χ3n) is 3.44. The molecule has 1 unspecified atom stereocenters. The maximum absolute atomic E-state index is 10.7. The number of benzene rings is 2. The van der Waals surface area contributed by atoms with Gasteiger partial charge in [0.05, 0.1) is 12.0 Å². The zero-order valence-electron chi connectivity index (χ0n) is 11.7. The van der Waals surface area contributed by atoms with Crippen molar-refractivity contribution in [1.29, 1.82) is 0 Å². The quantitative estimate of drug-likeness (QED) is 0.589. The molecule has 1 N–H and O–H groups in total. The molecule has 0 saturated carbocycles. The van der Waals surface area contributed by atoms with Gasteiger partial charge in [-0.05, 0) is 29.8 Å². The summed E-state index contributed by atoms with van der Waals surface area (Å²) in [5, 5.41) is 21.8. The molecule has 1 heterocycles. The van der Waals surface area contributed by atoms with Crippen molar-refractivity contribution < 1.29 is 19.2 Å². The van der Waals surface area contributed by atoms with Gasteiger partial charge in [-0.25, -0.2) is 0 Å². The first kappa shape index (κ1) is 14.1. The predicted octanol–water partition coefficient (Wildman–Crippen LogP) is 3.43. The Morgan fingerprint density at radius 3 is 2.59 bits per heavy atom. The van der Waals surface area contributed by atoms with Crippen LogP contribution in [0, 0.1) is 10.1 Å². The van der Waals surface area contributed by atoms with Crippen molar-refractivity contribution in [3.8, 4) is 5.75 Å². The maximum Gasteiger partial charge on any atom is 0.269 e. The van der Waals surface area contributed by atoms with E-state index in [4.69, 9.17) is 9.15 Å². The minimum absolute atomic E-state index is 0.0257. The monoisotopic (exact) mass is 299 g/mol. The Labute approximate surface area is 125 Å². The van der Waals surface area contributed by atoms with Gasteiger partial charge in [0.1, 0.15) is 11.9 Å². The van der Waals surface area contributed by atoms with Crippen LogP contribution < -0.4 is 4.74 Å². The van der Waals surface area contributed by atoms with Crippen molar-refractivity contribution in [1.82, 2.24) is 0 Å². The average molecular weight is 299 g/mol. The minimum Gasteiger partial charge on any atom is -0.493 e. The Morgan fingerprint density at radius 1 is 1.23 bits per heavy atom. The molecule has 112 valence electrons. The van der Waals surface area contributed by atoms with Crippen molar-refractivity contribution in [3.05, 3.63) is 70.0 Å². The highest BCUT2D eigenvalue weighted by molar-refractivity contribution is 5.83. The molecule has 6 heteroatoms. The molecule has 0 saturated heterocycles. The van der Waals surface area contributed by atoms with Gasteiger partial charge in [0, 0.05) is 17.5 Å². The van der Waals surface area contributed by atoms with E-state index in [0.717, 1.165) is 5.39 Å². The number of methoxy groups -OCH3 is 1. The van der Waals surface area contributed by atoms with E-state index in [-0.39, 0.29) is 5.69 Å². The van der Waals surface area contributed by atoms with Gasteiger partial charge in [-0.1, -0.05) is 12.1 Å². The largest absolute Gasteiger partial charge is 0.493 e. The molecule has 0 aliphatic heterocycles. The van der Waals surface area contributed by atoms with Crippen LogP contribution in [-0.4, -0.2) is 17.1 Å². The molecule has 0 amide bonds. The molecule has 0 radical (unpaired) electrons. The van der Waals surface area contributed by atoms with Crippen molar-refractivity contribution in [3.63, 3.8) is 0 Å². The summed E-state index contributed by atoms with van der Waals surface area (Å²) in [5.41, 5.74) is 1.05. The topological polar surface area (TPSA) is 85.7 Å². The van der Waals surface area contributed by atoms with Crippen molar-refractivity contribution in [2.24, 2.45) is 0 Å². The first-order valence-electron chi connectivity index (χ1n) is 6.59. The van der Waals surface area contributed by atoms with Crippen molar-refractivity contribution in [2.45, 2.75) is 6.10 Å². The smallest absolute Gasteiger partial charge is 0.269 e. The Hall–Kier alpha value is -2.86. The number of aliphatic hydroxyl groups excluding tert-OH is 1. The summed E-state index contributed by atoms with van der Waals surface area (Å²) in [6.07, 6.45) is -1.00. The van der Waals surface area contributed by atoms with E-state index in [1.807, 2.05) is 12.1 Å². The van der Waals surface area contributed by atoms with Crippen LogP contribution in [-0.2, 0) is 0 Å². The summed E-state index contributed by atoms with van der Waals surface area (Å²) in [6.45, 7) is 0. The fraction of sp³-hybridized carbons (Fsp3) is 0.125. The molecular weight excluding hydrogens is 286 g/mol. The lowest BCUT2D eigenvalue weighted by Gasteiger charge is -2.07. The molecule has 0 spiro atoms. The van der Waals surface area contributed by atoms with E-state index in [1.54, 1.807) is 19.2 Å². The van der Waals surface area contributed by atoms with E-state index in [9.17, 15) is 15.2 Å². The van der Waals surface area contributed by atoms with Gasteiger partial charge in [-0.2, -0.15) is 0 Å². The normalized spacial score (nSPS) is 12.3. The van der Waals surface area contributed by atoms with Crippen molar-refractivity contribution in [2.75, 3.05) is 7.11 Å². The minimum atomic E-state index is -1.00. The number of non-ortho nitro benzene ring substituents is 1. The number of furan rings is 1. The number of aliphatic hydroxyl groups is 1. The Kier molecular flexibility index (Phi) is 3.52. The van der Waals surface area contributed by atoms with Gasteiger partial charge < -0.3 is 14.3 Å². The highest BCUT2D eigenvalue weighted by Gasteiger charge is 2.18. The van der Waals surface area contributed by atoms with Crippen LogP contribution >= 0.6 is 0 Å². The maximum atomic E-state index is 10.7. The van der Waals surface area contributed by atoms with E-state index >= 15 is 0 Å². The number of nitro benzene ring substituents is 1. The van der Waals surface area contributed by atoms with E-state index < -0.39 is 11.0 Å². The second-order valence-electron chi connectivity index (χ2n) is 4.78. The standard InChI is InChI=1S/C16H13NO5/c1-21-13-4-2-3-11-9-14(22-16(11)13)15(18)10-5-7-12(8-6-10)17(19)20/h2-9,15,18H,1H3. The highest BCUT2D eigenvalue weighted by atomic mass is 16.6. The van der Waals surface area contributed by atoms with E-state index in [2.05, 4.69) is 0 Å². The molecule has 22 heavy (non-hydrogen) atoms. The van der Waals surface area contributed by atoms with E-state index in [1.165, 1.54) is 24.3 Å². The van der Waals surface area contributed by atoms with Gasteiger partial charge in [0.2, 0.25) is 0 Å². The Balaban J connectivity index is 1.97. The number of rotatable bonds is 4. The molecule has 2 aromatic carbocycles. The van der Waals surface area contributed by atoms with Crippen molar-refractivity contribution >= 4 is 16.7 Å². The molecule has 0 aliphatic rings. The second-order valence-corrected chi connectivity index (χ2v) is 4.78. The molecular formula is C16H13NO5. The summed E-state index contributed by atoms with van der Waals surface area (Å²) in [6, 6.07) is 12.9. The lowest BCUT2D eigenvalue weighted by molar-refractivity contribution is -0.384. The molecule has 0 bridgehead atoms. The number of fused-ring (bicyclic) bond motifs is 1. The zero-order chi connectivity index (χ0) is 15.7. The second kappa shape index (κ2) is 5.50.